The Morgan fingerprint density at radius 3 is 2.22 bits per heavy atom. The Labute approximate surface area is 197 Å². The van der Waals surface area contributed by atoms with Crippen molar-refractivity contribution < 1.29 is 12.8 Å². The van der Waals surface area contributed by atoms with Gasteiger partial charge in [-0.3, -0.25) is 0 Å². The van der Waals surface area contributed by atoms with E-state index in [4.69, 9.17) is 11.6 Å². The first-order valence-corrected chi connectivity index (χ1v) is 13.0. The molecular formula is C23H25ClFN3O2S2. The predicted molar refractivity (Wildman–Crippen MR) is 129 cm³/mol. The van der Waals surface area contributed by atoms with Crippen molar-refractivity contribution in [1.82, 2.24) is 9.29 Å². The van der Waals surface area contributed by atoms with Gasteiger partial charge in [0.25, 0.3) is 0 Å². The first-order chi connectivity index (χ1) is 15.1. The maximum atomic E-state index is 13.8. The van der Waals surface area contributed by atoms with Crippen LogP contribution in [0.25, 0.3) is 11.3 Å². The molecule has 0 amide bonds. The lowest BCUT2D eigenvalue weighted by atomic mass is 10.0. The molecular weight excluding hydrogens is 469 g/mol. The fraction of sp³-hybridized carbons (Fsp3) is 0.348. The van der Waals surface area contributed by atoms with Gasteiger partial charge in [-0.25, -0.2) is 17.8 Å². The van der Waals surface area contributed by atoms with Crippen LogP contribution in [-0.2, 0) is 10.0 Å². The monoisotopic (exact) mass is 493 g/mol. The lowest BCUT2D eigenvalue weighted by molar-refractivity contribution is 0.384. The van der Waals surface area contributed by atoms with E-state index in [1.807, 2.05) is 39.1 Å². The molecule has 9 heteroatoms. The Kier molecular flexibility index (Phi) is 6.33. The van der Waals surface area contributed by atoms with Crippen molar-refractivity contribution >= 4 is 38.1 Å². The van der Waals surface area contributed by atoms with E-state index in [2.05, 4.69) is 9.88 Å². The molecule has 1 aliphatic heterocycles. The van der Waals surface area contributed by atoms with E-state index in [1.54, 1.807) is 10.4 Å². The molecule has 0 atom stereocenters. The van der Waals surface area contributed by atoms with E-state index in [1.165, 1.54) is 23.5 Å². The van der Waals surface area contributed by atoms with Gasteiger partial charge in [-0.15, -0.1) is 11.3 Å². The fourth-order valence-corrected chi connectivity index (χ4v) is 7.02. The maximum absolute atomic E-state index is 13.8. The number of sulfonamides is 1. The smallest absolute Gasteiger partial charge is 0.243 e. The zero-order valence-electron chi connectivity index (χ0n) is 18.4. The molecule has 0 aliphatic carbocycles. The molecule has 3 aromatic rings. The van der Waals surface area contributed by atoms with E-state index in [9.17, 15) is 12.8 Å². The lowest BCUT2D eigenvalue weighted by Gasteiger charge is -2.34. The Hall–Kier alpha value is -2.00. The van der Waals surface area contributed by atoms with Crippen LogP contribution in [-0.4, -0.2) is 43.9 Å². The van der Waals surface area contributed by atoms with E-state index in [0.717, 1.165) is 27.4 Å². The number of thiazole rings is 1. The zero-order valence-corrected chi connectivity index (χ0v) is 20.8. The number of aromatic nitrogens is 1. The van der Waals surface area contributed by atoms with Crippen LogP contribution in [0.15, 0.2) is 34.5 Å². The number of nitrogens with zero attached hydrogens (tertiary/aromatic N) is 3. The predicted octanol–water partition coefficient (Wildman–Crippen LogP) is 5.35. The van der Waals surface area contributed by atoms with Crippen LogP contribution in [0.5, 0.6) is 0 Å². The van der Waals surface area contributed by atoms with Crippen molar-refractivity contribution in [3.63, 3.8) is 0 Å². The topological polar surface area (TPSA) is 53.5 Å². The van der Waals surface area contributed by atoms with Gasteiger partial charge in [0.1, 0.15) is 5.82 Å². The summed E-state index contributed by atoms with van der Waals surface area (Å²) in [5, 5.41) is 2.76. The molecule has 4 rings (SSSR count). The average Bonchev–Trinajstić information content (AvgIpc) is 3.25. The van der Waals surface area contributed by atoms with Crippen LogP contribution in [0.1, 0.15) is 22.3 Å². The number of rotatable bonds is 4. The summed E-state index contributed by atoms with van der Waals surface area (Å²) in [5.74, 6) is -0.477. The number of anilines is 1. The third kappa shape index (κ3) is 4.17. The summed E-state index contributed by atoms with van der Waals surface area (Å²) in [7, 11) is -3.59. The number of benzene rings is 2. The largest absolute Gasteiger partial charge is 0.345 e. The molecule has 0 saturated carbocycles. The summed E-state index contributed by atoms with van der Waals surface area (Å²) in [5.41, 5.74) is 4.94. The van der Waals surface area contributed by atoms with Crippen molar-refractivity contribution in [2.45, 2.75) is 32.6 Å². The molecule has 0 radical (unpaired) electrons. The summed E-state index contributed by atoms with van der Waals surface area (Å²) >= 11 is 7.24. The number of hydrogen-bond donors (Lipinski definition) is 0. The van der Waals surface area contributed by atoms with E-state index < -0.39 is 15.8 Å². The maximum Gasteiger partial charge on any atom is 0.243 e. The van der Waals surface area contributed by atoms with Gasteiger partial charge >= 0.3 is 0 Å². The quantitative estimate of drug-likeness (QED) is 0.491. The van der Waals surface area contributed by atoms with E-state index in [-0.39, 0.29) is 5.02 Å². The minimum absolute atomic E-state index is 0.0795. The minimum atomic E-state index is -3.59. The molecule has 5 nitrogen and oxygen atoms in total. The molecule has 0 N–H and O–H groups in total. The van der Waals surface area contributed by atoms with Crippen molar-refractivity contribution in [3.05, 3.63) is 62.7 Å². The highest BCUT2D eigenvalue weighted by Crippen LogP contribution is 2.32. The zero-order chi connectivity index (χ0) is 23.2. The second kappa shape index (κ2) is 8.74. The third-order valence-electron chi connectivity index (χ3n) is 6.11. The van der Waals surface area contributed by atoms with Crippen LogP contribution in [0.3, 0.4) is 0 Å². The summed E-state index contributed by atoms with van der Waals surface area (Å²) in [4.78, 5) is 7.15. The highest BCUT2D eigenvalue weighted by Gasteiger charge is 2.32. The van der Waals surface area contributed by atoms with E-state index >= 15 is 0 Å². The SMILES string of the molecule is Cc1cc(C)c(C)c(S(=O)(=O)N2CCN(c3nc(-c4ccc(Cl)c(F)c4)cs3)CC2)c1C. The molecule has 1 fully saturated rings. The summed E-state index contributed by atoms with van der Waals surface area (Å²) < 4.78 is 42.3. The van der Waals surface area contributed by atoms with Crippen molar-refractivity contribution in [2.75, 3.05) is 31.1 Å². The molecule has 0 unspecified atom stereocenters. The van der Waals surface area contributed by atoms with Gasteiger partial charge in [0, 0.05) is 37.1 Å². The number of halogens is 2. The van der Waals surface area contributed by atoms with Crippen molar-refractivity contribution in [1.29, 1.82) is 0 Å². The van der Waals surface area contributed by atoms with Gasteiger partial charge in [0.2, 0.25) is 10.0 Å². The molecule has 2 aromatic carbocycles. The molecule has 32 heavy (non-hydrogen) atoms. The van der Waals surface area contributed by atoms with Crippen LogP contribution >= 0.6 is 22.9 Å². The summed E-state index contributed by atoms with van der Waals surface area (Å²) in [6.07, 6.45) is 0. The number of hydrogen-bond acceptors (Lipinski definition) is 5. The van der Waals surface area contributed by atoms with Gasteiger partial charge in [-0.2, -0.15) is 4.31 Å². The molecule has 1 aromatic heterocycles. The standard InChI is InChI=1S/C23H25ClFN3O2S2/c1-14-11-15(2)17(4)22(16(14)3)32(29,30)28-9-7-27(8-10-28)23-26-21(13-31-23)18-5-6-19(24)20(25)12-18/h5-6,11-13H,7-10H2,1-4H3. The van der Waals surface area contributed by atoms with E-state index in [0.29, 0.717) is 42.3 Å². The van der Waals surface area contributed by atoms with Gasteiger partial charge in [0.15, 0.2) is 5.13 Å². The Balaban J connectivity index is 1.52. The first kappa shape index (κ1) is 23.2. The lowest BCUT2D eigenvalue weighted by Crippen LogP contribution is -2.49. The highest BCUT2D eigenvalue weighted by atomic mass is 35.5. The Bertz CT molecular complexity index is 1260. The van der Waals surface area contributed by atoms with Gasteiger partial charge < -0.3 is 4.90 Å². The Morgan fingerprint density at radius 2 is 1.62 bits per heavy atom. The first-order valence-electron chi connectivity index (χ1n) is 10.3. The van der Waals surface area contributed by atoms with Gasteiger partial charge in [0.05, 0.1) is 15.6 Å². The highest BCUT2D eigenvalue weighted by molar-refractivity contribution is 7.89. The van der Waals surface area contributed by atoms with Gasteiger partial charge in [-0.05, 0) is 62.1 Å². The second-order valence-electron chi connectivity index (χ2n) is 8.12. The normalized spacial score (nSPS) is 15.4. The van der Waals surface area contributed by atoms with Gasteiger partial charge in [-0.1, -0.05) is 23.7 Å². The molecule has 0 spiro atoms. The molecule has 2 heterocycles. The van der Waals surface area contributed by atoms with Crippen molar-refractivity contribution in [2.24, 2.45) is 0 Å². The van der Waals surface area contributed by atoms with Crippen LogP contribution in [0.2, 0.25) is 5.02 Å². The summed E-state index contributed by atoms with van der Waals surface area (Å²) in [6, 6.07) is 6.67. The number of piperazine rings is 1. The minimum Gasteiger partial charge on any atom is -0.345 e. The molecule has 1 saturated heterocycles. The molecule has 1 aliphatic rings. The van der Waals surface area contributed by atoms with Crippen LogP contribution in [0, 0.1) is 33.5 Å². The third-order valence-corrected chi connectivity index (χ3v) is 9.49. The Morgan fingerprint density at radius 1 is 1.00 bits per heavy atom. The van der Waals surface area contributed by atoms with Crippen LogP contribution < -0.4 is 4.90 Å². The summed E-state index contributed by atoms with van der Waals surface area (Å²) in [6.45, 7) is 9.52. The van der Waals surface area contributed by atoms with Crippen molar-refractivity contribution in [3.8, 4) is 11.3 Å². The molecule has 0 bridgehead atoms. The fourth-order valence-electron chi connectivity index (χ4n) is 4.01. The second-order valence-corrected chi connectivity index (χ2v) is 11.2. The average molecular weight is 494 g/mol. The number of aryl methyl sites for hydroxylation is 2. The molecule has 170 valence electrons. The van der Waals surface area contributed by atoms with Crippen LogP contribution in [0.4, 0.5) is 9.52 Å².